The molecular weight excluding hydrogens is 377 g/mol. The molecule has 0 N–H and O–H groups in total. The number of hydrogen-bond acceptors (Lipinski definition) is 4. The van der Waals surface area contributed by atoms with Gasteiger partial charge in [0.15, 0.2) is 11.0 Å². The first-order valence-corrected chi connectivity index (χ1v) is 10.0. The van der Waals surface area contributed by atoms with Gasteiger partial charge in [-0.25, -0.2) is 14.4 Å². The van der Waals surface area contributed by atoms with E-state index >= 15 is 0 Å². The molecule has 1 saturated carbocycles. The zero-order chi connectivity index (χ0) is 16.1. The minimum absolute atomic E-state index is 0.279. The highest BCUT2D eigenvalue weighted by Gasteiger charge is 2.34. The van der Waals surface area contributed by atoms with Gasteiger partial charge in [-0.15, -0.1) is 0 Å². The van der Waals surface area contributed by atoms with E-state index in [-0.39, 0.29) is 5.82 Å². The van der Waals surface area contributed by atoms with Crippen molar-refractivity contribution >= 4 is 44.4 Å². The summed E-state index contributed by atoms with van der Waals surface area (Å²) in [6, 6.07) is 2.01. The van der Waals surface area contributed by atoms with Crippen molar-refractivity contribution in [3.63, 3.8) is 0 Å². The van der Waals surface area contributed by atoms with Crippen LogP contribution in [0.25, 0.3) is 10.9 Å². The van der Waals surface area contributed by atoms with E-state index in [4.69, 9.17) is 4.98 Å². The third kappa shape index (κ3) is 2.64. The number of aryl methyl sites for hydroxylation is 1. The summed E-state index contributed by atoms with van der Waals surface area (Å²) < 4.78 is 15.2. The average Bonchev–Trinajstić information content (AvgIpc) is 2.90. The van der Waals surface area contributed by atoms with Crippen molar-refractivity contribution in [1.29, 1.82) is 0 Å². The summed E-state index contributed by atoms with van der Waals surface area (Å²) >= 11 is 4.81. The molecule has 2 bridgehead atoms. The van der Waals surface area contributed by atoms with Gasteiger partial charge in [-0.2, -0.15) is 0 Å². The van der Waals surface area contributed by atoms with Gasteiger partial charge in [-0.05, 0) is 71.8 Å². The van der Waals surface area contributed by atoms with E-state index in [1.165, 1.54) is 31.0 Å². The maximum atomic E-state index is 14.7. The minimum Gasteiger partial charge on any atom is -0.355 e. The standard InChI is InChI=1S/C17H19BrFN3S/c1-9-5-12-15(14(19)13(9)18)20-17(23-2)21-16(12)22-7-10-3-4-11(6-10)8-22/h5,10-11H,3-4,6-8H2,1-2H3. The van der Waals surface area contributed by atoms with E-state index in [9.17, 15) is 4.39 Å². The normalized spacial score (nSPS) is 23.7. The number of benzene rings is 1. The number of aromatic nitrogens is 2. The molecule has 3 nitrogen and oxygen atoms in total. The molecule has 2 aromatic rings. The summed E-state index contributed by atoms with van der Waals surface area (Å²) in [5, 5.41) is 1.47. The van der Waals surface area contributed by atoms with E-state index in [1.807, 2.05) is 19.2 Å². The Labute approximate surface area is 148 Å². The van der Waals surface area contributed by atoms with Gasteiger partial charge in [0.05, 0.1) is 4.47 Å². The molecule has 1 saturated heterocycles. The predicted molar refractivity (Wildman–Crippen MR) is 96.8 cm³/mol. The summed E-state index contributed by atoms with van der Waals surface area (Å²) in [5.74, 6) is 2.15. The molecule has 0 amide bonds. The molecule has 0 radical (unpaired) electrons. The Kier molecular flexibility index (Phi) is 4.00. The third-order valence-electron chi connectivity index (χ3n) is 5.10. The summed E-state index contributed by atoms with van der Waals surface area (Å²) in [6.45, 7) is 3.99. The van der Waals surface area contributed by atoms with Crippen LogP contribution in [-0.2, 0) is 0 Å². The van der Waals surface area contributed by atoms with Gasteiger partial charge >= 0.3 is 0 Å². The van der Waals surface area contributed by atoms with E-state index < -0.39 is 0 Å². The Morgan fingerprint density at radius 3 is 2.61 bits per heavy atom. The molecule has 2 unspecified atom stereocenters. The number of rotatable bonds is 2. The Balaban J connectivity index is 1.90. The summed E-state index contributed by atoms with van der Waals surface area (Å²) in [7, 11) is 0. The highest BCUT2D eigenvalue weighted by molar-refractivity contribution is 9.10. The van der Waals surface area contributed by atoms with Crippen molar-refractivity contribution < 1.29 is 4.39 Å². The first kappa shape index (κ1) is 15.6. The lowest BCUT2D eigenvalue weighted by Gasteiger charge is -2.33. The second kappa shape index (κ2) is 5.88. The third-order valence-corrected chi connectivity index (χ3v) is 6.62. The van der Waals surface area contributed by atoms with Crippen LogP contribution in [0.1, 0.15) is 24.8 Å². The summed E-state index contributed by atoms with van der Waals surface area (Å²) in [5.41, 5.74) is 1.31. The highest BCUT2D eigenvalue weighted by atomic mass is 79.9. The number of thioether (sulfide) groups is 1. The maximum Gasteiger partial charge on any atom is 0.189 e. The van der Waals surface area contributed by atoms with Gasteiger partial charge in [0.1, 0.15) is 11.3 Å². The number of nitrogens with zero attached hydrogens (tertiary/aromatic N) is 3. The number of halogens is 2. The molecule has 2 fully saturated rings. The predicted octanol–water partition coefficient (Wildman–Crippen LogP) is 4.80. The zero-order valence-electron chi connectivity index (χ0n) is 13.3. The Morgan fingerprint density at radius 2 is 1.96 bits per heavy atom. The fraction of sp³-hybridized carbons (Fsp3) is 0.529. The molecule has 0 spiro atoms. The molecule has 2 aliphatic rings. The van der Waals surface area contributed by atoms with Crippen LogP contribution in [0.15, 0.2) is 15.7 Å². The van der Waals surface area contributed by atoms with E-state index in [2.05, 4.69) is 25.8 Å². The lowest BCUT2D eigenvalue weighted by molar-refractivity contribution is 0.419. The summed E-state index contributed by atoms with van der Waals surface area (Å²) in [6.07, 6.45) is 5.91. The molecular formula is C17H19BrFN3S. The van der Waals surface area contributed by atoms with Crippen LogP contribution in [0.4, 0.5) is 10.2 Å². The van der Waals surface area contributed by atoms with Crippen LogP contribution in [0.3, 0.4) is 0 Å². The fourth-order valence-electron chi connectivity index (χ4n) is 4.01. The van der Waals surface area contributed by atoms with Gasteiger partial charge in [-0.1, -0.05) is 11.8 Å². The van der Waals surface area contributed by atoms with Crippen LogP contribution in [0.2, 0.25) is 0 Å². The van der Waals surface area contributed by atoms with Crippen molar-refractivity contribution in [3.05, 3.63) is 21.9 Å². The van der Waals surface area contributed by atoms with Crippen LogP contribution in [0.5, 0.6) is 0 Å². The molecule has 2 atom stereocenters. The van der Waals surface area contributed by atoms with Crippen molar-refractivity contribution in [2.45, 2.75) is 31.3 Å². The number of fused-ring (bicyclic) bond motifs is 3. The van der Waals surface area contributed by atoms with E-state index in [0.717, 1.165) is 41.7 Å². The van der Waals surface area contributed by atoms with Crippen molar-refractivity contribution in [2.24, 2.45) is 11.8 Å². The van der Waals surface area contributed by atoms with Crippen molar-refractivity contribution in [3.8, 4) is 0 Å². The smallest absolute Gasteiger partial charge is 0.189 e. The van der Waals surface area contributed by atoms with Gasteiger partial charge in [-0.3, -0.25) is 0 Å². The van der Waals surface area contributed by atoms with Crippen LogP contribution in [-0.4, -0.2) is 29.3 Å². The van der Waals surface area contributed by atoms with Crippen LogP contribution < -0.4 is 4.90 Å². The van der Waals surface area contributed by atoms with Crippen LogP contribution in [0, 0.1) is 24.6 Å². The van der Waals surface area contributed by atoms with Gasteiger partial charge in [0, 0.05) is 18.5 Å². The maximum absolute atomic E-state index is 14.7. The van der Waals surface area contributed by atoms with E-state index in [1.54, 1.807) is 0 Å². The van der Waals surface area contributed by atoms with E-state index in [0.29, 0.717) is 15.1 Å². The fourth-order valence-corrected chi connectivity index (χ4v) is 4.67. The average molecular weight is 396 g/mol. The van der Waals surface area contributed by atoms with Gasteiger partial charge in [0.2, 0.25) is 0 Å². The topological polar surface area (TPSA) is 29.0 Å². The molecule has 2 heterocycles. The largest absolute Gasteiger partial charge is 0.355 e. The molecule has 1 aromatic carbocycles. The lowest BCUT2D eigenvalue weighted by atomic mass is 9.98. The van der Waals surface area contributed by atoms with Crippen LogP contribution >= 0.6 is 27.7 Å². The molecule has 1 aliphatic heterocycles. The molecule has 4 rings (SSSR count). The molecule has 6 heteroatoms. The minimum atomic E-state index is -0.279. The number of hydrogen-bond donors (Lipinski definition) is 0. The van der Waals surface area contributed by atoms with Crippen molar-refractivity contribution in [2.75, 3.05) is 24.2 Å². The first-order valence-electron chi connectivity index (χ1n) is 8.02. The first-order chi connectivity index (χ1) is 11.1. The lowest BCUT2D eigenvalue weighted by Crippen LogP contribution is -2.37. The second-order valence-corrected chi connectivity index (χ2v) is 8.27. The van der Waals surface area contributed by atoms with Crippen molar-refractivity contribution in [1.82, 2.24) is 9.97 Å². The van der Waals surface area contributed by atoms with Gasteiger partial charge < -0.3 is 4.90 Å². The Morgan fingerprint density at radius 1 is 1.26 bits per heavy atom. The number of piperidine rings is 1. The zero-order valence-corrected chi connectivity index (χ0v) is 15.7. The summed E-state index contributed by atoms with van der Waals surface area (Å²) in [4.78, 5) is 11.5. The Bertz CT molecular complexity index is 770. The molecule has 1 aromatic heterocycles. The second-order valence-electron chi connectivity index (χ2n) is 6.70. The SMILES string of the molecule is CSc1nc(N2CC3CCC(C3)C2)c2cc(C)c(Br)c(F)c2n1. The quantitative estimate of drug-likeness (QED) is 0.539. The Hall–Kier alpha value is -0.880. The highest BCUT2D eigenvalue weighted by Crippen LogP contribution is 2.40. The molecule has 122 valence electrons. The monoisotopic (exact) mass is 395 g/mol. The molecule has 1 aliphatic carbocycles. The number of anilines is 1. The molecule has 23 heavy (non-hydrogen) atoms. The van der Waals surface area contributed by atoms with Gasteiger partial charge in [0.25, 0.3) is 0 Å².